The third-order valence-corrected chi connectivity index (χ3v) is 4.42. The molecule has 1 unspecified atom stereocenters. The highest BCUT2D eigenvalue weighted by Gasteiger charge is 2.32. The van der Waals surface area contributed by atoms with Crippen LogP contribution >= 0.6 is 0 Å². The van der Waals surface area contributed by atoms with Crippen LogP contribution in [0.25, 0.3) is 0 Å². The Labute approximate surface area is 133 Å². The van der Waals surface area contributed by atoms with E-state index in [1.54, 1.807) is 0 Å². The molecule has 0 aromatic heterocycles. The molecule has 1 atom stereocenters. The number of carbonyl (C=O) groups is 1. The molecule has 1 saturated heterocycles. The first-order valence-corrected chi connectivity index (χ1v) is 8.15. The molecule has 0 bridgehead atoms. The van der Waals surface area contributed by atoms with Gasteiger partial charge in [0.15, 0.2) is 0 Å². The fourth-order valence-electron chi connectivity index (χ4n) is 3.28. The van der Waals surface area contributed by atoms with Crippen LogP contribution in [-0.2, 0) is 4.79 Å². The minimum absolute atomic E-state index is 0.0755. The number of amides is 1. The zero-order valence-electron chi connectivity index (χ0n) is 14.0. The minimum Gasteiger partial charge on any atom is -0.396 e. The van der Waals surface area contributed by atoms with Crippen LogP contribution in [0.2, 0.25) is 0 Å². The van der Waals surface area contributed by atoms with Crippen LogP contribution < -0.4 is 4.90 Å². The highest BCUT2D eigenvalue weighted by Crippen LogP contribution is 2.28. The number of hydrogen-bond donors (Lipinski definition) is 1. The minimum atomic E-state index is -0.0755. The van der Waals surface area contributed by atoms with Crippen LogP contribution in [0.3, 0.4) is 0 Å². The molecule has 1 amide bonds. The molecule has 1 heterocycles. The molecule has 1 N–H and O–H groups in total. The van der Waals surface area contributed by atoms with Gasteiger partial charge >= 0.3 is 0 Å². The van der Waals surface area contributed by atoms with E-state index in [0.717, 1.165) is 31.6 Å². The van der Waals surface area contributed by atoms with Crippen molar-refractivity contribution in [2.45, 2.75) is 39.7 Å². The lowest BCUT2D eigenvalue weighted by atomic mass is 9.83. The summed E-state index contributed by atoms with van der Waals surface area (Å²) in [5.74, 6) is 0.128. The molecule has 4 heteroatoms. The number of benzene rings is 1. The number of carbonyl (C=O) groups excluding carboxylic acids is 1. The van der Waals surface area contributed by atoms with Gasteiger partial charge in [0.2, 0.25) is 5.91 Å². The van der Waals surface area contributed by atoms with E-state index in [4.69, 9.17) is 0 Å². The Morgan fingerprint density at radius 3 is 2.64 bits per heavy atom. The van der Waals surface area contributed by atoms with Gasteiger partial charge in [-0.25, -0.2) is 0 Å². The molecule has 1 aromatic rings. The lowest BCUT2D eigenvalue weighted by molar-refractivity contribution is -0.121. The van der Waals surface area contributed by atoms with E-state index in [1.165, 1.54) is 0 Å². The van der Waals surface area contributed by atoms with Gasteiger partial charge in [-0.05, 0) is 45.4 Å². The molecule has 0 saturated carbocycles. The maximum atomic E-state index is 12.8. The molecule has 0 spiro atoms. The second kappa shape index (κ2) is 7.25. The fourth-order valence-corrected chi connectivity index (χ4v) is 3.28. The summed E-state index contributed by atoms with van der Waals surface area (Å²) in [7, 11) is 0. The quantitative estimate of drug-likeness (QED) is 0.909. The number of para-hydroxylation sites is 1. The van der Waals surface area contributed by atoms with Crippen molar-refractivity contribution in [1.29, 1.82) is 0 Å². The number of aliphatic hydroxyl groups is 1. The molecule has 1 aliphatic rings. The van der Waals surface area contributed by atoms with Crippen molar-refractivity contribution < 1.29 is 9.90 Å². The van der Waals surface area contributed by atoms with Crippen molar-refractivity contribution >= 4 is 11.6 Å². The largest absolute Gasteiger partial charge is 0.396 e. The first-order valence-electron chi connectivity index (χ1n) is 8.15. The molecule has 4 nitrogen and oxygen atoms in total. The molecule has 122 valence electrons. The predicted octanol–water partition coefficient (Wildman–Crippen LogP) is 2.52. The summed E-state index contributed by atoms with van der Waals surface area (Å²) in [5.41, 5.74) is 0.873. The summed E-state index contributed by atoms with van der Waals surface area (Å²) in [6.07, 6.45) is 2.07. The van der Waals surface area contributed by atoms with E-state index in [-0.39, 0.29) is 24.0 Å². The Hall–Kier alpha value is -1.39. The van der Waals surface area contributed by atoms with Crippen molar-refractivity contribution in [1.82, 2.24) is 4.90 Å². The summed E-state index contributed by atoms with van der Waals surface area (Å²) < 4.78 is 0. The van der Waals surface area contributed by atoms with Gasteiger partial charge in [-0.3, -0.25) is 9.69 Å². The monoisotopic (exact) mass is 304 g/mol. The van der Waals surface area contributed by atoms with Crippen LogP contribution in [0, 0.1) is 5.41 Å². The van der Waals surface area contributed by atoms with Gasteiger partial charge in [-0.2, -0.15) is 0 Å². The predicted molar refractivity (Wildman–Crippen MR) is 89.9 cm³/mol. The van der Waals surface area contributed by atoms with Crippen molar-refractivity contribution in [3.8, 4) is 0 Å². The standard InChI is InChI=1S/C18H28N2O2/c1-15(2)20(16-8-5-4-6-9-16)17(22)12-19-11-7-10-18(3,13-19)14-21/h4-6,8-9,15,21H,7,10-14H2,1-3H3. The summed E-state index contributed by atoms with van der Waals surface area (Å²) in [4.78, 5) is 16.8. The van der Waals surface area contributed by atoms with Gasteiger partial charge in [-0.15, -0.1) is 0 Å². The van der Waals surface area contributed by atoms with E-state index in [1.807, 2.05) is 49.1 Å². The Morgan fingerprint density at radius 1 is 1.36 bits per heavy atom. The van der Waals surface area contributed by atoms with Crippen LogP contribution in [0.1, 0.15) is 33.6 Å². The van der Waals surface area contributed by atoms with E-state index < -0.39 is 0 Å². The fraction of sp³-hybridized carbons (Fsp3) is 0.611. The zero-order chi connectivity index (χ0) is 16.2. The lowest BCUT2D eigenvalue weighted by Gasteiger charge is -2.40. The highest BCUT2D eigenvalue weighted by molar-refractivity contribution is 5.95. The second-order valence-electron chi connectivity index (χ2n) is 6.98. The molecule has 2 rings (SSSR count). The summed E-state index contributed by atoms with van der Waals surface area (Å²) in [6, 6.07) is 9.97. The van der Waals surface area contributed by atoms with E-state index in [9.17, 15) is 9.90 Å². The average molecular weight is 304 g/mol. The Bertz CT molecular complexity index is 489. The van der Waals surface area contributed by atoms with Gasteiger partial charge in [0.05, 0.1) is 6.54 Å². The first kappa shape index (κ1) is 17.0. The van der Waals surface area contributed by atoms with Gasteiger partial charge in [0, 0.05) is 30.3 Å². The van der Waals surface area contributed by atoms with Crippen LogP contribution in [0.15, 0.2) is 30.3 Å². The molecular weight excluding hydrogens is 276 g/mol. The molecule has 1 aromatic carbocycles. The molecule has 1 aliphatic heterocycles. The van der Waals surface area contributed by atoms with E-state index in [2.05, 4.69) is 11.8 Å². The molecular formula is C18H28N2O2. The summed E-state index contributed by atoms with van der Waals surface area (Å²) in [5, 5.41) is 9.56. The van der Waals surface area contributed by atoms with Crippen LogP contribution in [0.5, 0.6) is 0 Å². The number of anilines is 1. The normalized spacial score (nSPS) is 22.8. The van der Waals surface area contributed by atoms with Gasteiger partial charge < -0.3 is 10.0 Å². The average Bonchev–Trinajstić information content (AvgIpc) is 2.48. The van der Waals surface area contributed by atoms with Crippen molar-refractivity contribution in [3.63, 3.8) is 0 Å². The smallest absolute Gasteiger partial charge is 0.241 e. The number of hydrogen-bond acceptors (Lipinski definition) is 3. The van der Waals surface area contributed by atoms with E-state index in [0.29, 0.717) is 6.54 Å². The molecule has 1 fully saturated rings. The van der Waals surface area contributed by atoms with Crippen molar-refractivity contribution in [2.75, 3.05) is 31.1 Å². The third-order valence-electron chi connectivity index (χ3n) is 4.42. The van der Waals surface area contributed by atoms with Crippen molar-refractivity contribution in [3.05, 3.63) is 30.3 Å². The highest BCUT2D eigenvalue weighted by atomic mass is 16.3. The van der Waals surface area contributed by atoms with Gasteiger partial charge in [0.1, 0.15) is 0 Å². The zero-order valence-corrected chi connectivity index (χ0v) is 14.0. The Kier molecular flexibility index (Phi) is 5.59. The number of aliphatic hydroxyl groups excluding tert-OH is 1. The SMILES string of the molecule is CC(C)N(C(=O)CN1CCCC(C)(CO)C1)c1ccccc1. The maximum absolute atomic E-state index is 12.8. The van der Waals surface area contributed by atoms with E-state index >= 15 is 0 Å². The van der Waals surface area contributed by atoms with Gasteiger partial charge in [-0.1, -0.05) is 25.1 Å². The maximum Gasteiger partial charge on any atom is 0.241 e. The lowest BCUT2D eigenvalue weighted by Crippen LogP contribution is -2.49. The Morgan fingerprint density at radius 2 is 2.05 bits per heavy atom. The molecule has 0 radical (unpaired) electrons. The van der Waals surface area contributed by atoms with Crippen molar-refractivity contribution in [2.24, 2.45) is 5.41 Å². The summed E-state index contributed by atoms with van der Waals surface area (Å²) >= 11 is 0. The third kappa shape index (κ3) is 4.08. The Balaban J connectivity index is 2.06. The number of piperidine rings is 1. The molecule has 22 heavy (non-hydrogen) atoms. The van der Waals surface area contributed by atoms with Gasteiger partial charge in [0.25, 0.3) is 0 Å². The number of rotatable bonds is 5. The topological polar surface area (TPSA) is 43.8 Å². The number of nitrogens with zero attached hydrogens (tertiary/aromatic N) is 2. The molecule has 0 aliphatic carbocycles. The summed E-state index contributed by atoms with van der Waals surface area (Å²) in [6.45, 7) is 8.50. The van der Waals surface area contributed by atoms with Crippen LogP contribution in [-0.4, -0.2) is 48.2 Å². The first-order chi connectivity index (χ1) is 10.4. The number of likely N-dealkylation sites (tertiary alicyclic amines) is 1. The van der Waals surface area contributed by atoms with Crippen LogP contribution in [0.4, 0.5) is 5.69 Å². The second-order valence-corrected chi connectivity index (χ2v) is 6.98.